The predicted molar refractivity (Wildman–Crippen MR) is 113 cm³/mol. The minimum absolute atomic E-state index is 0.379. The second kappa shape index (κ2) is 7.29. The summed E-state index contributed by atoms with van der Waals surface area (Å²) in [5, 5.41) is 7.97. The van der Waals surface area contributed by atoms with E-state index in [0.717, 1.165) is 60.6 Å². The molecule has 1 fully saturated rings. The van der Waals surface area contributed by atoms with Crippen molar-refractivity contribution in [2.45, 2.75) is 32.4 Å². The van der Waals surface area contributed by atoms with Gasteiger partial charge in [0.05, 0.1) is 35.2 Å². The van der Waals surface area contributed by atoms with Crippen LogP contribution in [0.5, 0.6) is 0 Å². The number of piperidine rings is 1. The molecule has 4 heterocycles. The standard InChI is InChI=1S/C21H24N8/c1-2-28-18-6-4-3-5-16(18)27-21(28)19-20(22)24-12-17(26-19)14-11-25-29(13-14)15-7-9-23-10-8-15/h3-6,11-13,15,23H,2,7-10H2,1H3,(H2,22,24). The Morgan fingerprint density at radius 1 is 1.14 bits per heavy atom. The summed E-state index contributed by atoms with van der Waals surface area (Å²) in [6.45, 7) is 4.92. The minimum atomic E-state index is 0.379. The molecule has 4 aromatic rings. The van der Waals surface area contributed by atoms with Crippen LogP contribution in [0.1, 0.15) is 25.8 Å². The summed E-state index contributed by atoms with van der Waals surface area (Å²) in [6, 6.07) is 8.49. The lowest BCUT2D eigenvalue weighted by molar-refractivity contribution is 0.343. The highest BCUT2D eigenvalue weighted by Gasteiger charge is 2.19. The van der Waals surface area contributed by atoms with Crippen LogP contribution in [0.15, 0.2) is 42.9 Å². The van der Waals surface area contributed by atoms with Crippen molar-refractivity contribution in [3.8, 4) is 22.8 Å². The summed E-state index contributed by atoms with van der Waals surface area (Å²) in [4.78, 5) is 14.0. The number of hydrogen-bond acceptors (Lipinski definition) is 6. The van der Waals surface area contributed by atoms with Crippen LogP contribution in [-0.4, -0.2) is 42.4 Å². The van der Waals surface area contributed by atoms with Crippen molar-refractivity contribution in [2.75, 3.05) is 18.8 Å². The first-order valence-electron chi connectivity index (χ1n) is 10.1. The average molecular weight is 388 g/mol. The first-order chi connectivity index (χ1) is 14.2. The number of para-hydroxylation sites is 2. The predicted octanol–water partition coefficient (Wildman–Crippen LogP) is 2.88. The monoisotopic (exact) mass is 388 g/mol. The van der Waals surface area contributed by atoms with Crippen LogP contribution in [0.25, 0.3) is 33.8 Å². The van der Waals surface area contributed by atoms with Crippen molar-refractivity contribution in [1.82, 2.24) is 34.6 Å². The molecule has 0 bridgehead atoms. The maximum Gasteiger partial charge on any atom is 0.163 e. The molecule has 1 saturated heterocycles. The van der Waals surface area contributed by atoms with Crippen LogP contribution in [0.4, 0.5) is 5.82 Å². The van der Waals surface area contributed by atoms with Gasteiger partial charge in [-0.1, -0.05) is 12.1 Å². The Morgan fingerprint density at radius 3 is 2.79 bits per heavy atom. The Hall–Kier alpha value is -3.26. The van der Waals surface area contributed by atoms with Crippen molar-refractivity contribution >= 4 is 16.9 Å². The third-order valence-electron chi connectivity index (χ3n) is 5.56. The molecule has 5 rings (SSSR count). The normalized spacial score (nSPS) is 15.2. The van der Waals surface area contributed by atoms with Crippen LogP contribution in [0.3, 0.4) is 0 Å². The smallest absolute Gasteiger partial charge is 0.163 e. The SMILES string of the molecule is CCn1c(-c2nc(-c3cnn(C4CCNCC4)c3)cnc2N)nc2ccccc21. The Kier molecular flexibility index (Phi) is 4.48. The summed E-state index contributed by atoms with van der Waals surface area (Å²) < 4.78 is 4.17. The van der Waals surface area contributed by atoms with Gasteiger partial charge in [-0.2, -0.15) is 5.10 Å². The van der Waals surface area contributed by atoms with Gasteiger partial charge >= 0.3 is 0 Å². The van der Waals surface area contributed by atoms with Crippen LogP contribution >= 0.6 is 0 Å². The lowest BCUT2D eigenvalue weighted by atomic mass is 10.1. The molecule has 8 nitrogen and oxygen atoms in total. The van der Waals surface area contributed by atoms with Crippen molar-refractivity contribution in [3.05, 3.63) is 42.9 Å². The molecule has 0 spiro atoms. The van der Waals surface area contributed by atoms with Gasteiger partial charge in [-0.3, -0.25) is 4.68 Å². The summed E-state index contributed by atoms with van der Waals surface area (Å²) in [5.41, 5.74) is 10.5. The number of fused-ring (bicyclic) bond motifs is 1. The lowest BCUT2D eigenvalue weighted by Gasteiger charge is -2.22. The zero-order chi connectivity index (χ0) is 19.8. The van der Waals surface area contributed by atoms with E-state index in [4.69, 9.17) is 15.7 Å². The van der Waals surface area contributed by atoms with Crippen molar-refractivity contribution in [2.24, 2.45) is 0 Å². The number of benzene rings is 1. The third kappa shape index (κ3) is 3.15. The fraction of sp³-hybridized carbons (Fsp3) is 0.333. The number of rotatable bonds is 4. The third-order valence-corrected chi connectivity index (χ3v) is 5.56. The maximum atomic E-state index is 6.21. The van der Waals surface area contributed by atoms with Crippen molar-refractivity contribution in [1.29, 1.82) is 0 Å². The Morgan fingerprint density at radius 2 is 1.97 bits per heavy atom. The molecule has 0 aliphatic carbocycles. The number of hydrogen-bond donors (Lipinski definition) is 2. The van der Waals surface area contributed by atoms with Gasteiger partial charge in [0.1, 0.15) is 5.69 Å². The molecule has 1 aliphatic heterocycles. The number of imidazole rings is 1. The molecular formula is C21H24N8. The number of aryl methyl sites for hydroxylation is 1. The van der Waals surface area contributed by atoms with E-state index in [1.54, 1.807) is 6.20 Å². The largest absolute Gasteiger partial charge is 0.382 e. The molecular weight excluding hydrogens is 364 g/mol. The van der Waals surface area contributed by atoms with Crippen molar-refractivity contribution in [3.63, 3.8) is 0 Å². The van der Waals surface area contributed by atoms with Gasteiger partial charge in [-0.25, -0.2) is 15.0 Å². The van der Waals surface area contributed by atoms with Crippen molar-refractivity contribution < 1.29 is 0 Å². The highest BCUT2D eigenvalue weighted by molar-refractivity contribution is 5.82. The fourth-order valence-corrected chi connectivity index (χ4v) is 4.02. The number of nitrogen functional groups attached to an aromatic ring is 1. The quantitative estimate of drug-likeness (QED) is 0.558. The number of nitrogens with zero attached hydrogens (tertiary/aromatic N) is 6. The van der Waals surface area contributed by atoms with Gasteiger partial charge in [0.25, 0.3) is 0 Å². The van der Waals surface area contributed by atoms with E-state index in [0.29, 0.717) is 17.6 Å². The van der Waals surface area contributed by atoms with Crippen LogP contribution in [-0.2, 0) is 6.54 Å². The lowest BCUT2D eigenvalue weighted by Crippen LogP contribution is -2.29. The second-order valence-electron chi connectivity index (χ2n) is 7.35. The van der Waals surface area contributed by atoms with E-state index in [9.17, 15) is 0 Å². The van der Waals surface area contributed by atoms with Crippen LogP contribution in [0, 0.1) is 0 Å². The van der Waals surface area contributed by atoms with E-state index in [1.165, 1.54) is 0 Å². The molecule has 0 saturated carbocycles. The summed E-state index contributed by atoms with van der Waals surface area (Å²) >= 11 is 0. The second-order valence-corrected chi connectivity index (χ2v) is 7.35. The zero-order valence-electron chi connectivity index (χ0n) is 16.4. The maximum absolute atomic E-state index is 6.21. The summed E-state index contributed by atoms with van der Waals surface area (Å²) in [6.07, 6.45) is 7.79. The topological polar surface area (TPSA) is 99.5 Å². The van der Waals surface area contributed by atoms with E-state index in [1.807, 2.05) is 24.4 Å². The molecule has 0 unspecified atom stereocenters. The van der Waals surface area contributed by atoms with Gasteiger partial charge in [0.2, 0.25) is 0 Å². The van der Waals surface area contributed by atoms with Crippen LogP contribution in [0.2, 0.25) is 0 Å². The van der Waals surface area contributed by atoms with Gasteiger partial charge in [-0.15, -0.1) is 0 Å². The van der Waals surface area contributed by atoms with Gasteiger partial charge < -0.3 is 15.6 Å². The molecule has 148 valence electrons. The van der Waals surface area contributed by atoms with E-state index in [2.05, 4.69) is 43.8 Å². The first kappa shape index (κ1) is 17.8. The molecule has 1 aromatic carbocycles. The molecule has 0 amide bonds. The average Bonchev–Trinajstić information content (AvgIpc) is 3.40. The van der Waals surface area contributed by atoms with Crippen LogP contribution < -0.4 is 11.1 Å². The van der Waals surface area contributed by atoms with Gasteiger partial charge in [0.15, 0.2) is 11.6 Å². The van der Waals surface area contributed by atoms with E-state index < -0.39 is 0 Å². The molecule has 3 aromatic heterocycles. The minimum Gasteiger partial charge on any atom is -0.382 e. The number of nitrogens with one attached hydrogen (secondary N) is 1. The summed E-state index contributed by atoms with van der Waals surface area (Å²) in [5.74, 6) is 1.12. The number of anilines is 1. The first-order valence-corrected chi connectivity index (χ1v) is 10.1. The Bertz CT molecular complexity index is 1150. The Labute approximate surface area is 168 Å². The Balaban J connectivity index is 1.56. The molecule has 0 atom stereocenters. The fourth-order valence-electron chi connectivity index (χ4n) is 4.02. The number of nitrogens with two attached hydrogens (primary N) is 1. The highest BCUT2D eigenvalue weighted by Crippen LogP contribution is 2.29. The van der Waals surface area contributed by atoms with Gasteiger partial charge in [-0.05, 0) is 45.0 Å². The highest BCUT2D eigenvalue weighted by atomic mass is 15.3. The molecule has 8 heteroatoms. The van der Waals surface area contributed by atoms with E-state index >= 15 is 0 Å². The molecule has 1 aliphatic rings. The number of aromatic nitrogens is 6. The zero-order valence-corrected chi connectivity index (χ0v) is 16.4. The van der Waals surface area contributed by atoms with Gasteiger partial charge in [0, 0.05) is 18.3 Å². The van der Waals surface area contributed by atoms with E-state index in [-0.39, 0.29) is 0 Å². The summed E-state index contributed by atoms with van der Waals surface area (Å²) in [7, 11) is 0. The molecule has 29 heavy (non-hydrogen) atoms. The molecule has 0 radical (unpaired) electrons. The molecule has 3 N–H and O–H groups in total.